The van der Waals surface area contributed by atoms with Crippen LogP contribution in [0.3, 0.4) is 0 Å². The summed E-state index contributed by atoms with van der Waals surface area (Å²) in [5, 5.41) is 0. The average Bonchev–Trinajstić information content (AvgIpc) is 3.07. The Morgan fingerprint density at radius 2 is 1.92 bits per heavy atom. The third-order valence-corrected chi connectivity index (χ3v) is 5.40. The SMILES string of the molecule is Cc1nc(N2C[C@H](C)C[C@H](C)C2)nc2c1C(=O)C[C@H](c1ccco1)C2. The van der Waals surface area contributed by atoms with Gasteiger partial charge in [-0.05, 0) is 37.3 Å². The molecule has 132 valence electrons. The zero-order valence-electron chi connectivity index (χ0n) is 15.2. The number of nitrogens with zero attached hydrogens (tertiary/aromatic N) is 3. The second-order valence-electron chi connectivity index (χ2n) is 7.83. The highest BCUT2D eigenvalue weighted by atomic mass is 16.3. The van der Waals surface area contributed by atoms with Crippen LogP contribution in [0, 0.1) is 18.8 Å². The molecular weight excluding hydrogens is 314 g/mol. The maximum absolute atomic E-state index is 12.7. The molecule has 1 aliphatic carbocycles. The number of aromatic nitrogens is 2. The van der Waals surface area contributed by atoms with Crippen LogP contribution in [0.2, 0.25) is 0 Å². The van der Waals surface area contributed by atoms with E-state index in [0.717, 1.165) is 48.2 Å². The first-order chi connectivity index (χ1) is 12.0. The van der Waals surface area contributed by atoms with Gasteiger partial charge in [0.15, 0.2) is 5.78 Å². The Bertz CT molecular complexity index is 774. The Kier molecular flexibility index (Phi) is 4.10. The molecule has 0 saturated carbocycles. The zero-order chi connectivity index (χ0) is 17.6. The smallest absolute Gasteiger partial charge is 0.225 e. The topological polar surface area (TPSA) is 59.2 Å². The van der Waals surface area contributed by atoms with Gasteiger partial charge < -0.3 is 9.32 Å². The molecular formula is C20H25N3O2. The number of hydrogen-bond acceptors (Lipinski definition) is 5. The van der Waals surface area contributed by atoms with Crippen LogP contribution in [0.5, 0.6) is 0 Å². The summed E-state index contributed by atoms with van der Waals surface area (Å²) in [5.74, 6) is 3.14. The van der Waals surface area contributed by atoms with Crippen LogP contribution in [-0.4, -0.2) is 28.8 Å². The quantitative estimate of drug-likeness (QED) is 0.833. The lowest BCUT2D eigenvalue weighted by atomic mass is 9.84. The number of anilines is 1. The van der Waals surface area contributed by atoms with Crippen molar-refractivity contribution in [1.82, 2.24) is 9.97 Å². The van der Waals surface area contributed by atoms with Crippen molar-refractivity contribution in [3.63, 3.8) is 0 Å². The number of ketones is 1. The highest BCUT2D eigenvalue weighted by Crippen LogP contribution is 2.34. The van der Waals surface area contributed by atoms with Gasteiger partial charge in [0, 0.05) is 31.8 Å². The van der Waals surface area contributed by atoms with Gasteiger partial charge in [-0.15, -0.1) is 0 Å². The Labute approximate surface area is 148 Å². The lowest BCUT2D eigenvalue weighted by molar-refractivity contribution is 0.0957. The number of furan rings is 1. The number of Topliss-reactive ketones (excluding diaryl/α,β-unsaturated/α-hetero) is 1. The molecule has 1 aliphatic heterocycles. The minimum Gasteiger partial charge on any atom is -0.469 e. The molecule has 2 aliphatic rings. The third kappa shape index (κ3) is 3.08. The van der Waals surface area contributed by atoms with Crippen molar-refractivity contribution in [1.29, 1.82) is 0 Å². The van der Waals surface area contributed by atoms with Gasteiger partial charge >= 0.3 is 0 Å². The maximum atomic E-state index is 12.7. The third-order valence-electron chi connectivity index (χ3n) is 5.40. The molecule has 2 aromatic rings. The monoisotopic (exact) mass is 339 g/mol. The minimum atomic E-state index is 0.0800. The molecule has 4 rings (SSSR count). The van der Waals surface area contributed by atoms with Crippen LogP contribution in [-0.2, 0) is 6.42 Å². The second kappa shape index (κ2) is 6.28. The number of rotatable bonds is 2. The van der Waals surface area contributed by atoms with Gasteiger partial charge in [0.25, 0.3) is 0 Å². The number of carbonyl (C=O) groups excluding carboxylic acids is 1. The highest BCUT2D eigenvalue weighted by Gasteiger charge is 2.32. The van der Waals surface area contributed by atoms with E-state index in [2.05, 4.69) is 23.7 Å². The van der Waals surface area contributed by atoms with E-state index in [4.69, 9.17) is 9.40 Å². The van der Waals surface area contributed by atoms with Gasteiger partial charge in [0.05, 0.1) is 23.2 Å². The lowest BCUT2D eigenvalue weighted by Gasteiger charge is -2.35. The largest absolute Gasteiger partial charge is 0.469 e. The van der Waals surface area contributed by atoms with E-state index in [1.54, 1.807) is 6.26 Å². The first kappa shape index (κ1) is 16.3. The number of carbonyl (C=O) groups is 1. The van der Waals surface area contributed by atoms with Gasteiger partial charge in [-0.1, -0.05) is 13.8 Å². The van der Waals surface area contributed by atoms with Crippen LogP contribution in [0.4, 0.5) is 5.95 Å². The second-order valence-corrected chi connectivity index (χ2v) is 7.83. The lowest BCUT2D eigenvalue weighted by Crippen LogP contribution is -2.40. The van der Waals surface area contributed by atoms with Gasteiger partial charge in [-0.25, -0.2) is 9.97 Å². The average molecular weight is 339 g/mol. The molecule has 0 amide bonds. The highest BCUT2D eigenvalue weighted by molar-refractivity contribution is 5.99. The minimum absolute atomic E-state index is 0.0800. The standard InChI is InChI=1S/C20H25N3O2/c1-12-7-13(2)11-23(10-12)20-21-14(3)19-16(22-20)8-15(9-17(19)24)18-5-4-6-25-18/h4-6,12-13,15H,7-11H2,1-3H3/t12-,13+,15-/m1/s1. The molecule has 5 heteroatoms. The molecule has 2 aromatic heterocycles. The van der Waals surface area contributed by atoms with Crippen molar-refractivity contribution < 1.29 is 9.21 Å². The zero-order valence-corrected chi connectivity index (χ0v) is 15.2. The van der Waals surface area contributed by atoms with Crippen LogP contribution in [0.15, 0.2) is 22.8 Å². The van der Waals surface area contributed by atoms with Crippen molar-refractivity contribution in [2.75, 3.05) is 18.0 Å². The summed E-state index contributed by atoms with van der Waals surface area (Å²) >= 11 is 0. The van der Waals surface area contributed by atoms with Crippen LogP contribution < -0.4 is 4.90 Å². The fourth-order valence-electron chi connectivity index (χ4n) is 4.45. The number of aryl methyl sites for hydroxylation is 1. The normalized spacial score (nSPS) is 26.6. The Hall–Kier alpha value is -2.17. The van der Waals surface area contributed by atoms with Crippen LogP contribution in [0.1, 0.15) is 60.1 Å². The predicted octanol–water partition coefficient (Wildman–Crippen LogP) is 3.77. The maximum Gasteiger partial charge on any atom is 0.225 e. The Morgan fingerprint density at radius 3 is 2.60 bits per heavy atom. The van der Waals surface area contributed by atoms with Crippen molar-refractivity contribution in [2.24, 2.45) is 11.8 Å². The van der Waals surface area contributed by atoms with Crippen LogP contribution >= 0.6 is 0 Å². The van der Waals surface area contributed by atoms with E-state index >= 15 is 0 Å². The summed E-state index contributed by atoms with van der Waals surface area (Å²) in [5.41, 5.74) is 2.42. The van der Waals surface area contributed by atoms with Crippen molar-refractivity contribution in [3.05, 3.63) is 41.1 Å². The van der Waals surface area contributed by atoms with E-state index in [1.807, 2.05) is 19.1 Å². The summed E-state index contributed by atoms with van der Waals surface area (Å²) in [7, 11) is 0. The van der Waals surface area contributed by atoms with E-state index in [0.29, 0.717) is 18.3 Å². The van der Waals surface area contributed by atoms with E-state index in [1.165, 1.54) is 6.42 Å². The molecule has 0 N–H and O–H groups in total. The van der Waals surface area contributed by atoms with Gasteiger partial charge in [0.1, 0.15) is 5.76 Å². The summed E-state index contributed by atoms with van der Waals surface area (Å²) in [6.45, 7) is 8.47. The van der Waals surface area contributed by atoms with E-state index in [9.17, 15) is 4.79 Å². The first-order valence-electron chi connectivity index (χ1n) is 9.20. The van der Waals surface area contributed by atoms with Crippen molar-refractivity contribution in [3.8, 4) is 0 Å². The van der Waals surface area contributed by atoms with E-state index in [-0.39, 0.29) is 11.7 Å². The number of piperidine rings is 1. The Morgan fingerprint density at radius 1 is 1.16 bits per heavy atom. The molecule has 0 unspecified atom stereocenters. The van der Waals surface area contributed by atoms with Gasteiger partial charge in [-0.2, -0.15) is 0 Å². The summed E-state index contributed by atoms with van der Waals surface area (Å²) in [4.78, 5) is 24.5. The molecule has 1 fully saturated rings. The molecule has 1 saturated heterocycles. The molecule has 3 atom stereocenters. The summed E-state index contributed by atoms with van der Waals surface area (Å²) < 4.78 is 5.54. The summed E-state index contributed by atoms with van der Waals surface area (Å²) in [6.07, 6.45) is 4.13. The van der Waals surface area contributed by atoms with Gasteiger partial charge in [-0.3, -0.25) is 4.79 Å². The van der Waals surface area contributed by atoms with E-state index < -0.39 is 0 Å². The fraction of sp³-hybridized carbons (Fsp3) is 0.550. The van der Waals surface area contributed by atoms with Crippen molar-refractivity contribution in [2.45, 2.75) is 46.0 Å². The van der Waals surface area contributed by atoms with Crippen LogP contribution in [0.25, 0.3) is 0 Å². The molecule has 0 aromatic carbocycles. The number of fused-ring (bicyclic) bond motifs is 1. The molecule has 0 radical (unpaired) electrons. The Balaban J connectivity index is 1.68. The molecule has 5 nitrogen and oxygen atoms in total. The molecule has 0 bridgehead atoms. The summed E-state index contributed by atoms with van der Waals surface area (Å²) in [6, 6.07) is 3.83. The van der Waals surface area contributed by atoms with Gasteiger partial charge in [0.2, 0.25) is 5.95 Å². The molecule has 0 spiro atoms. The molecule has 3 heterocycles. The number of hydrogen-bond donors (Lipinski definition) is 0. The fourth-order valence-corrected chi connectivity index (χ4v) is 4.45. The van der Waals surface area contributed by atoms with Crippen molar-refractivity contribution >= 4 is 11.7 Å². The first-order valence-corrected chi connectivity index (χ1v) is 9.20. The molecule has 25 heavy (non-hydrogen) atoms. The predicted molar refractivity (Wildman–Crippen MR) is 96.0 cm³/mol.